The summed E-state index contributed by atoms with van der Waals surface area (Å²) in [5, 5.41) is 0. The summed E-state index contributed by atoms with van der Waals surface area (Å²) in [6.45, 7) is 13.5. The molecule has 2 unspecified atom stereocenters. The van der Waals surface area contributed by atoms with Gasteiger partial charge < -0.3 is 8.83 Å². The van der Waals surface area contributed by atoms with Crippen molar-refractivity contribution >= 4 is 49.8 Å². The quantitative estimate of drug-likeness (QED) is 0.142. The number of allylic oxidation sites excluding steroid dienone is 2. The molecule has 2 nitrogen and oxygen atoms in total. The standard InChI is InChI=1S/C54H54O2Si.2ClH.Zr/c1-53(2,3)49-25-23-47(55-49)41-29-43-39(27-35-19-13-21-37(35)51(43)33-15-9-7-10-16-33)45(41)31-57-32-46-40-28-36-20-14-22-38(36)52(34-17-11-8-12-18-34)44(40)30-42(46)48-24-26-50(56-48)54(4,5)6;;;/h7-12,15-18,23-30,45-46H,13-14,19-22,31-32H2,1-6H3;2*1H;/q;;;+2/p-2. The molecule has 2 radical (unpaired) electrons. The Morgan fingerprint density at radius 1 is 0.567 bits per heavy atom. The molecule has 6 aromatic rings. The normalized spacial score (nSPS) is 17.7. The van der Waals surface area contributed by atoms with Crippen molar-refractivity contribution in [2.75, 3.05) is 0 Å². The van der Waals surface area contributed by atoms with Crippen molar-refractivity contribution in [2.24, 2.45) is 0 Å². The minimum absolute atomic E-state index is 0.0476. The van der Waals surface area contributed by atoms with Crippen LogP contribution in [0, 0.1) is 0 Å². The molecule has 0 spiro atoms. The molecule has 0 N–H and O–H groups in total. The molecule has 10 rings (SSSR count). The number of benzene rings is 4. The van der Waals surface area contributed by atoms with Crippen LogP contribution in [0.2, 0.25) is 12.1 Å². The van der Waals surface area contributed by atoms with Crippen LogP contribution in [0.1, 0.15) is 134 Å². The first-order chi connectivity index (χ1) is 28.9. The van der Waals surface area contributed by atoms with Crippen molar-refractivity contribution in [1.29, 1.82) is 0 Å². The predicted molar refractivity (Wildman–Crippen MR) is 251 cm³/mol. The Balaban J connectivity index is 0.00000150. The zero-order chi connectivity index (χ0) is 41.8. The van der Waals surface area contributed by atoms with E-state index in [9.17, 15) is 0 Å². The van der Waals surface area contributed by atoms with Gasteiger partial charge >= 0.3 is 37.9 Å². The molecule has 4 aromatic carbocycles. The van der Waals surface area contributed by atoms with Gasteiger partial charge in [0, 0.05) is 43.3 Å². The molecule has 0 aliphatic heterocycles. The first-order valence-electron chi connectivity index (χ1n) is 21.7. The summed E-state index contributed by atoms with van der Waals surface area (Å²) < 4.78 is 13.6. The van der Waals surface area contributed by atoms with Gasteiger partial charge in [-0.05, 0) is 154 Å². The van der Waals surface area contributed by atoms with Crippen LogP contribution in [-0.4, -0.2) is 9.52 Å². The fourth-order valence-corrected chi connectivity index (χ4v) is 11.9. The number of hydrogen-bond donors (Lipinski definition) is 0. The molecular weight excluding hydrogens is 871 g/mol. The topological polar surface area (TPSA) is 26.3 Å². The van der Waals surface area contributed by atoms with Crippen molar-refractivity contribution in [2.45, 2.75) is 115 Å². The summed E-state index contributed by atoms with van der Waals surface area (Å²) in [6.07, 6.45) is 12.2. The molecule has 0 fully saturated rings. The zero-order valence-corrected chi connectivity index (χ0v) is 40.7. The third kappa shape index (κ3) is 7.94. The molecule has 2 heterocycles. The van der Waals surface area contributed by atoms with Gasteiger partial charge in [0.05, 0.1) is 0 Å². The molecular formula is C54H54Cl2O2SiZr. The van der Waals surface area contributed by atoms with Gasteiger partial charge in [0.1, 0.15) is 23.0 Å². The molecule has 2 atom stereocenters. The summed E-state index contributed by atoms with van der Waals surface area (Å²) in [5.41, 5.74) is 20.2. The second-order valence-corrected chi connectivity index (χ2v) is 24.1. The van der Waals surface area contributed by atoms with Gasteiger partial charge in [-0.2, -0.15) is 0 Å². The van der Waals surface area contributed by atoms with Crippen LogP contribution in [0.3, 0.4) is 0 Å². The molecule has 0 amide bonds. The zero-order valence-electron chi connectivity index (χ0n) is 35.8. The van der Waals surface area contributed by atoms with E-state index in [1.165, 1.54) is 81.3 Å². The van der Waals surface area contributed by atoms with E-state index >= 15 is 0 Å². The van der Waals surface area contributed by atoms with Gasteiger partial charge in [0.2, 0.25) is 0 Å². The van der Waals surface area contributed by atoms with E-state index in [0.717, 1.165) is 57.5 Å². The molecule has 4 aliphatic rings. The van der Waals surface area contributed by atoms with Crippen LogP contribution in [-0.2, 0) is 57.4 Å². The molecule has 0 bridgehead atoms. The van der Waals surface area contributed by atoms with Crippen LogP contribution in [0.15, 0.2) is 106 Å². The second-order valence-electron chi connectivity index (χ2n) is 19.1. The Bertz CT molecular complexity index is 2420. The van der Waals surface area contributed by atoms with E-state index in [0.29, 0.717) is 0 Å². The molecule has 60 heavy (non-hydrogen) atoms. The Hall–Kier alpha value is -3.40. The van der Waals surface area contributed by atoms with Crippen LogP contribution >= 0.6 is 17.0 Å². The summed E-state index contributed by atoms with van der Waals surface area (Å²) in [4.78, 5) is 0. The van der Waals surface area contributed by atoms with E-state index in [1.807, 2.05) is 0 Å². The number of fused-ring (bicyclic) bond motifs is 4. The maximum atomic E-state index is 6.78. The molecule has 4 aliphatic carbocycles. The van der Waals surface area contributed by atoms with Crippen LogP contribution in [0.4, 0.5) is 0 Å². The fourth-order valence-electron chi connectivity index (χ4n) is 10.3. The molecule has 0 saturated heterocycles. The second kappa shape index (κ2) is 17.0. The van der Waals surface area contributed by atoms with Gasteiger partial charge in [0.15, 0.2) is 0 Å². The van der Waals surface area contributed by atoms with Crippen molar-refractivity contribution in [1.82, 2.24) is 0 Å². The van der Waals surface area contributed by atoms with E-state index < -0.39 is 20.8 Å². The molecule has 304 valence electrons. The van der Waals surface area contributed by atoms with Crippen LogP contribution < -0.4 is 0 Å². The Labute approximate surface area is 378 Å². The fraction of sp³-hybridized carbons (Fsp3) is 0.333. The van der Waals surface area contributed by atoms with Crippen molar-refractivity contribution in [3.63, 3.8) is 0 Å². The summed E-state index contributed by atoms with van der Waals surface area (Å²) in [6, 6.07) is 38.6. The first kappa shape index (κ1) is 41.9. The predicted octanol–water partition coefficient (Wildman–Crippen LogP) is 15.7. The van der Waals surface area contributed by atoms with E-state index in [2.05, 4.69) is 151 Å². The third-order valence-corrected chi connectivity index (χ3v) is 14.5. The molecule has 6 heteroatoms. The first-order valence-corrected chi connectivity index (χ1v) is 29.5. The van der Waals surface area contributed by atoms with Crippen LogP contribution in [0.5, 0.6) is 0 Å². The number of halogens is 2. The van der Waals surface area contributed by atoms with Gasteiger partial charge in [-0.3, -0.25) is 0 Å². The van der Waals surface area contributed by atoms with Gasteiger partial charge in [-0.25, -0.2) is 0 Å². The minimum atomic E-state index is -0.826. The van der Waals surface area contributed by atoms with Crippen molar-refractivity contribution < 1.29 is 29.7 Å². The molecule has 2 aromatic heterocycles. The summed E-state index contributed by atoms with van der Waals surface area (Å²) >= 11 is -0.826. The number of furan rings is 2. The van der Waals surface area contributed by atoms with E-state index in [-0.39, 0.29) is 22.7 Å². The van der Waals surface area contributed by atoms with Crippen molar-refractivity contribution in [3.05, 3.63) is 165 Å². The van der Waals surface area contributed by atoms with Gasteiger partial charge in [-0.15, -0.1) is 0 Å². The molecule has 0 saturated carbocycles. The van der Waals surface area contributed by atoms with Gasteiger partial charge in [-0.1, -0.05) is 114 Å². The van der Waals surface area contributed by atoms with Crippen molar-refractivity contribution in [3.8, 4) is 22.3 Å². The SMILES string of the molecule is CC(C)(C)c1ccc(C2=Cc3c(cc4c(c3-c3ccccc3)CCC4)C2C[Si]CC2C(c3ccc(C(C)(C)C)o3)=Cc3c2cc2c(c3-c3ccccc3)CCC2)o1.[Cl][Zr][Cl]. The Kier molecular flexibility index (Phi) is 11.9. The Morgan fingerprint density at radius 2 is 0.967 bits per heavy atom. The third-order valence-electron chi connectivity index (χ3n) is 13.1. The summed E-state index contributed by atoms with van der Waals surface area (Å²) in [7, 11) is 10.6. The monoisotopic (exact) mass is 922 g/mol. The average molecular weight is 925 g/mol. The number of aryl methyl sites for hydroxylation is 2. The Morgan fingerprint density at radius 3 is 1.33 bits per heavy atom. The van der Waals surface area contributed by atoms with Crippen LogP contribution in [0.25, 0.3) is 45.6 Å². The number of rotatable bonds is 8. The average Bonchev–Trinajstić information content (AvgIpc) is 4.08. The summed E-state index contributed by atoms with van der Waals surface area (Å²) in [5.74, 6) is 4.74. The number of hydrogen-bond acceptors (Lipinski definition) is 2. The van der Waals surface area contributed by atoms with E-state index in [1.54, 1.807) is 22.3 Å². The maximum absolute atomic E-state index is 6.78. The van der Waals surface area contributed by atoms with Gasteiger partial charge in [0.25, 0.3) is 0 Å². The van der Waals surface area contributed by atoms with E-state index in [4.69, 9.17) is 25.9 Å².